The van der Waals surface area contributed by atoms with E-state index in [1.165, 1.54) is 0 Å². The van der Waals surface area contributed by atoms with E-state index in [0.29, 0.717) is 5.11 Å². The smallest absolute Gasteiger partial charge is 0.195 e. The maximum Gasteiger partial charge on any atom is 0.195 e. The summed E-state index contributed by atoms with van der Waals surface area (Å²) < 4.78 is 0. The zero-order chi connectivity index (χ0) is 14.0. The Bertz CT molecular complexity index is 515. The second-order valence-corrected chi connectivity index (χ2v) is 5.05. The molecule has 0 bridgehead atoms. The molecule has 0 spiro atoms. The molecule has 2 rings (SSSR count). The molecule has 0 aliphatic carbocycles. The molecule has 0 saturated heterocycles. The molecule has 1 aliphatic heterocycles. The number of nitrogens with two attached hydrogens (primary N) is 1. The van der Waals surface area contributed by atoms with Crippen molar-refractivity contribution in [3.8, 4) is 0 Å². The fraction of sp³-hybridized carbons (Fsp3) is 0.385. The highest BCUT2D eigenvalue weighted by Gasteiger charge is 2.12. The second kappa shape index (κ2) is 5.44. The number of thiocarbonyl (C=S) groups is 1. The summed E-state index contributed by atoms with van der Waals surface area (Å²) in [5, 5.41) is 6.89. The summed E-state index contributed by atoms with van der Waals surface area (Å²) in [6, 6.07) is 4.12. The normalized spacial score (nSPS) is 13.7. The van der Waals surface area contributed by atoms with Crippen LogP contribution in [0.5, 0.6) is 0 Å². The van der Waals surface area contributed by atoms with Crippen LogP contribution in [0.3, 0.4) is 0 Å². The first kappa shape index (κ1) is 13.6. The Morgan fingerprint density at radius 1 is 1.42 bits per heavy atom. The minimum atomic E-state index is 0.362. The van der Waals surface area contributed by atoms with Gasteiger partial charge in [-0.2, -0.15) is 0 Å². The third kappa shape index (κ3) is 2.96. The lowest BCUT2D eigenvalue weighted by molar-refractivity contribution is 0.959. The van der Waals surface area contributed by atoms with E-state index in [4.69, 9.17) is 18.0 Å². The standard InChI is InChI=1S/C13H19N5S/c1-8-6-10(18(3)12(14)19)7-9(2)11(8)17-13-15-4-5-16-13/h6-7H,4-5H2,1-3H3,(H2,14,19)(H2,15,16,17). The van der Waals surface area contributed by atoms with Gasteiger partial charge in [0.15, 0.2) is 11.1 Å². The summed E-state index contributed by atoms with van der Waals surface area (Å²) in [7, 11) is 1.87. The largest absolute Gasteiger partial charge is 0.376 e. The van der Waals surface area contributed by atoms with E-state index >= 15 is 0 Å². The van der Waals surface area contributed by atoms with Gasteiger partial charge in [-0.3, -0.25) is 4.99 Å². The molecule has 19 heavy (non-hydrogen) atoms. The molecule has 102 valence electrons. The Morgan fingerprint density at radius 2 is 2.05 bits per heavy atom. The summed E-state index contributed by atoms with van der Waals surface area (Å²) in [6.45, 7) is 5.83. The van der Waals surface area contributed by atoms with Gasteiger partial charge in [-0.05, 0) is 49.3 Å². The predicted molar refractivity (Wildman–Crippen MR) is 85.0 cm³/mol. The monoisotopic (exact) mass is 277 g/mol. The van der Waals surface area contributed by atoms with Gasteiger partial charge >= 0.3 is 0 Å². The predicted octanol–water partition coefficient (Wildman–Crippen LogP) is 1.35. The van der Waals surface area contributed by atoms with E-state index in [2.05, 4.69) is 41.6 Å². The molecular weight excluding hydrogens is 258 g/mol. The molecule has 0 saturated carbocycles. The number of aliphatic imine (C=N–C) groups is 1. The molecule has 1 aromatic carbocycles. The Kier molecular flexibility index (Phi) is 3.90. The van der Waals surface area contributed by atoms with Crippen LogP contribution in [-0.4, -0.2) is 31.2 Å². The Hall–Kier alpha value is -1.82. The average molecular weight is 277 g/mol. The molecule has 0 radical (unpaired) electrons. The first-order valence-corrected chi connectivity index (χ1v) is 6.59. The van der Waals surface area contributed by atoms with Crippen molar-refractivity contribution in [2.24, 2.45) is 10.7 Å². The van der Waals surface area contributed by atoms with E-state index in [9.17, 15) is 0 Å². The van der Waals surface area contributed by atoms with Crippen molar-refractivity contribution in [3.05, 3.63) is 23.3 Å². The van der Waals surface area contributed by atoms with Crippen LogP contribution < -0.4 is 21.3 Å². The van der Waals surface area contributed by atoms with Gasteiger partial charge in [0.25, 0.3) is 0 Å². The van der Waals surface area contributed by atoms with Gasteiger partial charge in [0.1, 0.15) is 0 Å². The minimum absolute atomic E-state index is 0.362. The number of hydrogen-bond donors (Lipinski definition) is 3. The van der Waals surface area contributed by atoms with Crippen molar-refractivity contribution < 1.29 is 0 Å². The molecule has 0 fully saturated rings. The van der Waals surface area contributed by atoms with E-state index in [1.54, 1.807) is 4.90 Å². The van der Waals surface area contributed by atoms with Crippen LogP contribution in [-0.2, 0) is 0 Å². The summed E-state index contributed by atoms with van der Waals surface area (Å²) in [5.74, 6) is 0.835. The fourth-order valence-corrected chi connectivity index (χ4v) is 2.16. The lowest BCUT2D eigenvalue weighted by Gasteiger charge is -2.21. The first-order chi connectivity index (χ1) is 8.99. The quantitative estimate of drug-likeness (QED) is 0.712. The molecular formula is C13H19N5S. The number of rotatable bonds is 2. The summed E-state index contributed by atoms with van der Waals surface area (Å²) in [4.78, 5) is 6.14. The first-order valence-electron chi connectivity index (χ1n) is 6.19. The van der Waals surface area contributed by atoms with Gasteiger partial charge in [-0.15, -0.1) is 0 Å². The van der Waals surface area contributed by atoms with Crippen molar-refractivity contribution in [2.45, 2.75) is 13.8 Å². The van der Waals surface area contributed by atoms with Gasteiger partial charge in [-0.25, -0.2) is 0 Å². The Balaban J connectivity index is 2.29. The maximum atomic E-state index is 5.65. The number of guanidine groups is 1. The lowest BCUT2D eigenvalue weighted by atomic mass is 10.1. The van der Waals surface area contributed by atoms with E-state index in [1.807, 2.05) is 7.05 Å². The van der Waals surface area contributed by atoms with Gasteiger partial charge in [-0.1, -0.05) is 0 Å². The van der Waals surface area contributed by atoms with Crippen LogP contribution in [0.1, 0.15) is 11.1 Å². The highest BCUT2D eigenvalue weighted by molar-refractivity contribution is 7.80. The number of nitrogens with one attached hydrogen (secondary N) is 2. The lowest BCUT2D eigenvalue weighted by Crippen LogP contribution is -2.31. The highest BCUT2D eigenvalue weighted by Crippen LogP contribution is 2.26. The number of anilines is 2. The zero-order valence-electron chi connectivity index (χ0n) is 11.4. The van der Waals surface area contributed by atoms with Crippen LogP contribution in [0.4, 0.5) is 11.4 Å². The van der Waals surface area contributed by atoms with E-state index in [0.717, 1.165) is 41.6 Å². The average Bonchev–Trinajstić information content (AvgIpc) is 2.85. The molecule has 0 amide bonds. The topological polar surface area (TPSA) is 65.7 Å². The summed E-state index contributed by atoms with van der Waals surface area (Å²) in [5.41, 5.74) is 9.99. The molecule has 1 aliphatic rings. The van der Waals surface area contributed by atoms with Crippen molar-refractivity contribution in [1.82, 2.24) is 5.32 Å². The van der Waals surface area contributed by atoms with Gasteiger partial charge in [0, 0.05) is 25.0 Å². The van der Waals surface area contributed by atoms with Gasteiger partial charge < -0.3 is 21.3 Å². The van der Waals surface area contributed by atoms with Crippen molar-refractivity contribution in [1.29, 1.82) is 0 Å². The molecule has 5 nitrogen and oxygen atoms in total. The van der Waals surface area contributed by atoms with E-state index < -0.39 is 0 Å². The molecule has 4 N–H and O–H groups in total. The third-order valence-electron chi connectivity index (χ3n) is 3.15. The highest BCUT2D eigenvalue weighted by atomic mass is 32.1. The zero-order valence-corrected chi connectivity index (χ0v) is 12.3. The van der Waals surface area contributed by atoms with Crippen LogP contribution in [0.25, 0.3) is 0 Å². The van der Waals surface area contributed by atoms with Crippen LogP contribution >= 0.6 is 12.2 Å². The number of aryl methyl sites for hydroxylation is 2. The molecule has 1 aromatic rings. The SMILES string of the molecule is Cc1cc(N(C)C(N)=S)cc(C)c1NC1=NCCN1. The maximum absolute atomic E-state index is 5.65. The molecule has 1 heterocycles. The Morgan fingerprint density at radius 3 is 2.53 bits per heavy atom. The number of benzene rings is 1. The number of nitrogens with zero attached hydrogens (tertiary/aromatic N) is 2. The molecule has 6 heteroatoms. The van der Waals surface area contributed by atoms with Gasteiger partial charge in [0.05, 0.1) is 6.54 Å². The molecule has 0 aromatic heterocycles. The van der Waals surface area contributed by atoms with Crippen molar-refractivity contribution in [3.63, 3.8) is 0 Å². The second-order valence-electron chi connectivity index (χ2n) is 4.63. The molecule has 0 atom stereocenters. The van der Waals surface area contributed by atoms with Crippen molar-refractivity contribution >= 4 is 34.7 Å². The summed E-state index contributed by atoms with van der Waals surface area (Å²) >= 11 is 4.99. The third-order valence-corrected chi connectivity index (χ3v) is 3.43. The van der Waals surface area contributed by atoms with Gasteiger partial charge in [0.2, 0.25) is 0 Å². The van der Waals surface area contributed by atoms with Crippen LogP contribution in [0, 0.1) is 13.8 Å². The fourth-order valence-electron chi connectivity index (χ4n) is 2.06. The number of hydrogen-bond acceptors (Lipinski definition) is 4. The summed E-state index contributed by atoms with van der Waals surface area (Å²) in [6.07, 6.45) is 0. The minimum Gasteiger partial charge on any atom is -0.376 e. The van der Waals surface area contributed by atoms with Crippen molar-refractivity contribution in [2.75, 3.05) is 30.4 Å². The molecule has 0 unspecified atom stereocenters. The Labute approximate surface area is 118 Å². The van der Waals surface area contributed by atoms with Crippen LogP contribution in [0.2, 0.25) is 0 Å². The van der Waals surface area contributed by atoms with E-state index in [-0.39, 0.29) is 0 Å². The van der Waals surface area contributed by atoms with Crippen LogP contribution in [0.15, 0.2) is 17.1 Å².